The Morgan fingerprint density at radius 3 is 0.867 bits per heavy atom. The van der Waals surface area contributed by atoms with Crippen molar-refractivity contribution in [2.45, 2.75) is 117 Å². The van der Waals surface area contributed by atoms with Gasteiger partial charge < -0.3 is 22.1 Å². The first kappa shape index (κ1) is 30.9. The van der Waals surface area contributed by atoms with Crippen molar-refractivity contribution in [2.24, 2.45) is 0 Å². The maximum absolute atomic E-state index is 6.79. The van der Waals surface area contributed by atoms with E-state index in [4.69, 9.17) is 22.1 Å². The van der Waals surface area contributed by atoms with E-state index in [-0.39, 0.29) is 18.3 Å². The molecule has 30 heavy (non-hydrogen) atoms. The summed E-state index contributed by atoms with van der Waals surface area (Å²) in [6, 6.07) is 0. The van der Waals surface area contributed by atoms with Gasteiger partial charge in [0.25, 0.3) is 0 Å². The molecule has 0 aliphatic rings. The summed E-state index contributed by atoms with van der Waals surface area (Å²) in [7, 11) is -8.90. The zero-order chi connectivity index (χ0) is 24.2. The van der Waals surface area contributed by atoms with Gasteiger partial charge in [0.2, 0.25) is 0 Å². The minimum Gasteiger partial charge on any atom is -0.415 e. The van der Waals surface area contributed by atoms with Gasteiger partial charge in [-0.15, -0.1) is 0 Å². The van der Waals surface area contributed by atoms with Crippen LogP contribution in [-0.2, 0) is 22.1 Å². The maximum atomic E-state index is 6.79. The summed E-state index contributed by atoms with van der Waals surface area (Å²) in [5.41, 5.74) is 0. The molecule has 0 rings (SSSR count). The lowest BCUT2D eigenvalue weighted by atomic mass is 10.1. The molecule has 0 heterocycles. The van der Waals surface area contributed by atoms with Gasteiger partial charge in [-0.25, -0.2) is 0 Å². The number of hydrogen-bond donors (Lipinski definition) is 0. The molecule has 0 saturated carbocycles. The van der Waals surface area contributed by atoms with Gasteiger partial charge in [-0.2, -0.15) is 0 Å². The summed E-state index contributed by atoms with van der Waals surface area (Å²) in [5, 5.41) is 0. The second-order valence-electron chi connectivity index (χ2n) is 13.1. The second kappa shape index (κ2) is 11.3. The molecule has 0 saturated heterocycles. The molecule has 0 aromatic heterocycles. The van der Waals surface area contributed by atoms with Gasteiger partial charge in [0.1, 0.15) is 0 Å². The van der Waals surface area contributed by atoms with Crippen molar-refractivity contribution >= 4 is 41.6 Å². The van der Waals surface area contributed by atoms with Crippen molar-refractivity contribution in [3.8, 4) is 0 Å². The van der Waals surface area contributed by atoms with Crippen molar-refractivity contribution in [1.82, 2.24) is 0 Å². The summed E-state index contributed by atoms with van der Waals surface area (Å²) in [5.74, 6) is 0. The van der Waals surface area contributed by atoms with Gasteiger partial charge in [0.15, 0.2) is 41.6 Å². The highest BCUT2D eigenvalue weighted by Gasteiger charge is 2.41. The average Bonchev–Trinajstić information content (AvgIpc) is 2.40. The van der Waals surface area contributed by atoms with E-state index in [1.165, 1.54) is 0 Å². The molecule has 0 amide bonds. The van der Waals surface area contributed by atoms with E-state index in [0.29, 0.717) is 13.2 Å². The summed E-state index contributed by atoms with van der Waals surface area (Å²) in [4.78, 5) is 0. The summed E-state index contributed by atoms with van der Waals surface area (Å²) >= 11 is 0. The topological polar surface area (TPSA) is 46.2 Å². The first-order chi connectivity index (χ1) is 13.0. The van der Waals surface area contributed by atoms with Crippen molar-refractivity contribution in [3.63, 3.8) is 0 Å². The van der Waals surface area contributed by atoms with E-state index in [1.807, 2.05) is 0 Å². The van der Waals surface area contributed by atoms with Crippen molar-refractivity contribution in [3.05, 3.63) is 0 Å². The third kappa shape index (κ3) is 17.4. The van der Waals surface area contributed by atoms with Gasteiger partial charge in [-0.05, 0) is 98.2 Å². The molecule has 3 atom stereocenters. The van der Waals surface area contributed by atoms with Crippen molar-refractivity contribution in [2.75, 3.05) is 13.2 Å². The molecule has 0 bridgehead atoms. The van der Waals surface area contributed by atoms with Crippen LogP contribution < -0.4 is 0 Å². The fourth-order valence-electron chi connectivity index (χ4n) is 2.76. The molecular weight excluding hydrogens is 461 g/mol. The van der Waals surface area contributed by atoms with Gasteiger partial charge in [-0.3, -0.25) is 0 Å². The fourth-order valence-corrected chi connectivity index (χ4v) is 7.43. The Balaban J connectivity index is 6.08. The molecule has 0 aliphatic carbocycles. The van der Waals surface area contributed by atoms with Gasteiger partial charge in [0.05, 0.1) is 31.5 Å². The molecule has 0 aromatic rings. The van der Waals surface area contributed by atoms with Crippen LogP contribution in [0.5, 0.6) is 0 Å². The first-order valence-electron chi connectivity index (χ1n) is 11.3. The lowest BCUT2D eigenvalue weighted by Gasteiger charge is -2.42. The van der Waals surface area contributed by atoms with Crippen LogP contribution >= 0.6 is 0 Å². The largest absolute Gasteiger partial charge is 0.415 e. The highest BCUT2D eigenvalue weighted by Crippen LogP contribution is 2.25. The van der Waals surface area contributed by atoms with E-state index >= 15 is 0 Å². The Kier molecular flexibility index (Phi) is 11.7. The molecule has 0 aliphatic heterocycles. The van der Waals surface area contributed by atoms with Crippen molar-refractivity contribution < 1.29 is 22.1 Å². The third-order valence-corrected chi connectivity index (χ3v) is 8.66. The predicted octanol–water partition coefficient (Wildman–Crippen LogP) is 6.35. The van der Waals surface area contributed by atoms with Crippen LogP contribution in [0.25, 0.3) is 0 Å². The molecule has 1 unspecified atom stereocenters. The van der Waals surface area contributed by atoms with Crippen LogP contribution in [0.4, 0.5) is 0 Å². The molecule has 5 nitrogen and oxygen atoms in total. The maximum Gasteiger partial charge on any atom is 0.184 e. The Morgan fingerprint density at radius 1 is 0.400 bits per heavy atom. The average molecular weight is 513 g/mol. The van der Waals surface area contributed by atoms with Crippen LogP contribution in [0.2, 0.25) is 98.2 Å². The van der Waals surface area contributed by atoms with E-state index in [2.05, 4.69) is 98.2 Å². The fraction of sp³-hybridized carbons (Fsp3) is 1.00. The molecule has 0 radical (unpaired) electrons. The molecule has 0 N–H and O–H groups in total. The number of rotatable bonds is 14. The smallest absolute Gasteiger partial charge is 0.184 e. The molecule has 182 valence electrons. The highest BCUT2D eigenvalue weighted by molar-refractivity contribution is 6.71. The van der Waals surface area contributed by atoms with Crippen LogP contribution in [0.3, 0.4) is 0 Å². The summed E-state index contributed by atoms with van der Waals surface area (Å²) < 4.78 is 32.9. The van der Waals surface area contributed by atoms with Gasteiger partial charge in [0, 0.05) is 0 Å². The lowest BCUT2D eigenvalue weighted by molar-refractivity contribution is -0.0630. The lowest BCUT2D eigenvalue weighted by Crippen LogP contribution is -2.56. The molecule has 10 heteroatoms. The van der Waals surface area contributed by atoms with E-state index in [1.54, 1.807) is 0 Å². The standard InChI is InChI=1S/C20H52O5Si5/c1-26(2,3)21-16-18(23-28(7,8)9)20(25-30(13,14)15)19(24-29(10,11)12)17-22-27(4,5)6/h18-20H,16-17H2,1-15H3/t18-,19+,20?. The second-order valence-corrected chi connectivity index (χ2v) is 35.5. The van der Waals surface area contributed by atoms with E-state index < -0.39 is 41.6 Å². The Bertz CT molecular complexity index is 460. The van der Waals surface area contributed by atoms with E-state index in [9.17, 15) is 0 Å². The minimum atomic E-state index is -1.86. The summed E-state index contributed by atoms with van der Waals surface area (Å²) in [6.07, 6.45) is -0.494. The molecule has 0 spiro atoms. The summed E-state index contributed by atoms with van der Waals surface area (Å²) in [6.45, 7) is 34.5. The zero-order valence-electron chi connectivity index (χ0n) is 22.7. The quantitative estimate of drug-likeness (QED) is 0.254. The SMILES string of the molecule is C[Si](C)(C)OC[C@H](O[Si](C)(C)C)C(O[Si](C)(C)C)[C@@H](CO[Si](C)(C)C)O[Si](C)(C)C. The normalized spacial score (nSPS) is 17.7. The van der Waals surface area contributed by atoms with Crippen LogP contribution in [0.15, 0.2) is 0 Å². The van der Waals surface area contributed by atoms with Gasteiger partial charge >= 0.3 is 0 Å². The Morgan fingerprint density at radius 2 is 0.667 bits per heavy atom. The van der Waals surface area contributed by atoms with E-state index in [0.717, 1.165) is 0 Å². The monoisotopic (exact) mass is 512 g/mol. The van der Waals surface area contributed by atoms with Crippen LogP contribution in [-0.4, -0.2) is 73.1 Å². The number of hydrogen-bond acceptors (Lipinski definition) is 5. The Labute approximate surface area is 193 Å². The molecule has 0 fully saturated rings. The van der Waals surface area contributed by atoms with Crippen LogP contribution in [0.1, 0.15) is 0 Å². The minimum absolute atomic E-state index is 0.151. The molecule has 0 aromatic carbocycles. The third-order valence-electron chi connectivity index (χ3n) is 3.59. The Hall–Kier alpha value is 0.884. The first-order valence-corrected chi connectivity index (χ1v) is 28.3. The van der Waals surface area contributed by atoms with Crippen LogP contribution in [0, 0.1) is 0 Å². The highest BCUT2D eigenvalue weighted by atomic mass is 28.4. The molecular formula is C20H52O5Si5. The van der Waals surface area contributed by atoms with Crippen molar-refractivity contribution in [1.29, 1.82) is 0 Å². The predicted molar refractivity (Wildman–Crippen MR) is 143 cm³/mol. The van der Waals surface area contributed by atoms with Gasteiger partial charge in [-0.1, -0.05) is 0 Å². The zero-order valence-corrected chi connectivity index (χ0v) is 27.7.